The average Bonchev–Trinajstić information content (AvgIpc) is 2.89. The van der Waals surface area contributed by atoms with Gasteiger partial charge in [0, 0.05) is 12.6 Å². The van der Waals surface area contributed by atoms with Gasteiger partial charge < -0.3 is 19.7 Å². The lowest BCUT2D eigenvalue weighted by Crippen LogP contribution is -2.00. The molecule has 0 aliphatic rings. The number of nitrogens with two attached hydrogens (primary N) is 1. The Hall–Kier alpha value is -2.01. The molecule has 0 atom stereocenters. The van der Waals surface area contributed by atoms with E-state index < -0.39 is 0 Å². The first-order valence-electron chi connectivity index (χ1n) is 5.23. The molecule has 0 aliphatic heterocycles. The van der Waals surface area contributed by atoms with Crippen molar-refractivity contribution in [3.63, 3.8) is 0 Å². The van der Waals surface area contributed by atoms with E-state index in [-0.39, 0.29) is 0 Å². The molecule has 5 nitrogen and oxygen atoms in total. The third-order valence-corrected chi connectivity index (χ3v) is 2.32. The zero-order chi connectivity index (χ0) is 12.1. The minimum Gasteiger partial charge on any atom is -0.493 e. The van der Waals surface area contributed by atoms with Crippen molar-refractivity contribution in [1.29, 1.82) is 0 Å². The van der Waals surface area contributed by atoms with Crippen LogP contribution < -0.4 is 15.2 Å². The lowest BCUT2D eigenvalue weighted by atomic mass is 10.2. The van der Waals surface area contributed by atoms with Crippen molar-refractivity contribution in [2.75, 3.05) is 7.11 Å². The number of aromatic nitrogens is 1. The van der Waals surface area contributed by atoms with Gasteiger partial charge in [0.2, 0.25) is 0 Å². The highest BCUT2D eigenvalue weighted by Crippen LogP contribution is 2.28. The fourth-order valence-electron chi connectivity index (χ4n) is 1.42. The van der Waals surface area contributed by atoms with Crippen molar-refractivity contribution in [2.24, 2.45) is 5.73 Å². The normalized spacial score (nSPS) is 10.2. The molecule has 0 amide bonds. The van der Waals surface area contributed by atoms with Crippen LogP contribution in [0.5, 0.6) is 11.5 Å². The highest BCUT2D eigenvalue weighted by molar-refractivity contribution is 5.42. The topological polar surface area (TPSA) is 70.5 Å². The molecule has 5 heteroatoms. The maximum atomic E-state index is 5.57. The lowest BCUT2D eigenvalue weighted by Gasteiger charge is -2.10. The maximum Gasteiger partial charge on any atom is 0.174 e. The monoisotopic (exact) mass is 234 g/mol. The van der Waals surface area contributed by atoms with Crippen molar-refractivity contribution in [2.45, 2.75) is 13.2 Å². The zero-order valence-corrected chi connectivity index (χ0v) is 9.55. The van der Waals surface area contributed by atoms with E-state index in [1.165, 1.54) is 0 Å². The third-order valence-electron chi connectivity index (χ3n) is 2.32. The fourth-order valence-corrected chi connectivity index (χ4v) is 1.42. The number of benzene rings is 1. The number of nitrogens with zero attached hydrogens (tertiary/aromatic N) is 1. The summed E-state index contributed by atoms with van der Waals surface area (Å²) < 4.78 is 15.7. The highest BCUT2D eigenvalue weighted by atomic mass is 16.5. The smallest absolute Gasteiger partial charge is 0.174 e. The summed E-state index contributed by atoms with van der Waals surface area (Å²) in [6.45, 7) is 0.789. The Morgan fingerprint density at radius 3 is 2.82 bits per heavy atom. The molecular formula is C12H14N2O3. The third kappa shape index (κ3) is 2.76. The number of hydrogen-bond donors (Lipinski definition) is 1. The van der Waals surface area contributed by atoms with Crippen LogP contribution in [-0.4, -0.2) is 12.3 Å². The van der Waals surface area contributed by atoms with Gasteiger partial charge >= 0.3 is 0 Å². The van der Waals surface area contributed by atoms with E-state index in [0.29, 0.717) is 30.4 Å². The van der Waals surface area contributed by atoms with Gasteiger partial charge in [-0.25, -0.2) is 0 Å². The number of hydrogen-bond acceptors (Lipinski definition) is 5. The molecule has 17 heavy (non-hydrogen) atoms. The van der Waals surface area contributed by atoms with Gasteiger partial charge in [-0.3, -0.25) is 0 Å². The molecular weight excluding hydrogens is 220 g/mol. The maximum absolute atomic E-state index is 5.57. The van der Waals surface area contributed by atoms with Crippen LogP contribution >= 0.6 is 0 Å². The van der Waals surface area contributed by atoms with E-state index in [0.717, 1.165) is 5.56 Å². The predicted molar refractivity (Wildman–Crippen MR) is 61.7 cm³/mol. The molecule has 2 rings (SSSR count). The van der Waals surface area contributed by atoms with Gasteiger partial charge in [0.15, 0.2) is 17.3 Å². The summed E-state index contributed by atoms with van der Waals surface area (Å²) in [4.78, 5) is 0. The van der Waals surface area contributed by atoms with E-state index in [1.807, 2.05) is 18.2 Å². The van der Waals surface area contributed by atoms with Gasteiger partial charge in [-0.1, -0.05) is 11.2 Å². The standard InChI is InChI=1S/C12H14N2O3/c1-15-12-6-9(7-13)2-3-11(12)16-8-10-4-5-14-17-10/h2-6H,7-8,13H2,1H3. The average molecular weight is 234 g/mol. The predicted octanol–water partition coefficient (Wildman–Crippen LogP) is 1.72. The molecule has 2 N–H and O–H groups in total. The molecule has 0 saturated heterocycles. The number of methoxy groups -OCH3 is 1. The molecule has 90 valence electrons. The Bertz CT molecular complexity index is 469. The van der Waals surface area contributed by atoms with E-state index >= 15 is 0 Å². The summed E-state index contributed by atoms with van der Waals surface area (Å²) in [5.74, 6) is 1.98. The summed E-state index contributed by atoms with van der Waals surface area (Å²) in [6, 6.07) is 7.34. The SMILES string of the molecule is COc1cc(CN)ccc1OCc1ccno1. The van der Waals surface area contributed by atoms with E-state index in [9.17, 15) is 0 Å². The summed E-state index contributed by atoms with van der Waals surface area (Å²) >= 11 is 0. The Kier molecular flexibility index (Phi) is 3.62. The quantitative estimate of drug-likeness (QED) is 0.852. The molecule has 0 aliphatic carbocycles. The Balaban J connectivity index is 2.09. The van der Waals surface area contributed by atoms with Crippen molar-refractivity contribution in [1.82, 2.24) is 5.16 Å². The number of rotatable bonds is 5. The first kappa shape index (κ1) is 11.5. The molecule has 1 aromatic heterocycles. The summed E-state index contributed by atoms with van der Waals surface area (Å²) in [7, 11) is 1.59. The van der Waals surface area contributed by atoms with Crippen molar-refractivity contribution in [3.05, 3.63) is 41.8 Å². The largest absolute Gasteiger partial charge is 0.493 e. The van der Waals surface area contributed by atoms with Crippen molar-refractivity contribution in [3.8, 4) is 11.5 Å². The molecule has 1 heterocycles. The van der Waals surface area contributed by atoms with E-state index in [4.69, 9.17) is 19.7 Å². The minimum absolute atomic E-state index is 0.318. The van der Waals surface area contributed by atoms with Crippen LogP contribution in [0.15, 0.2) is 35.0 Å². The van der Waals surface area contributed by atoms with Gasteiger partial charge in [0.25, 0.3) is 0 Å². The first-order valence-corrected chi connectivity index (χ1v) is 5.23. The summed E-state index contributed by atoms with van der Waals surface area (Å²) in [5, 5.41) is 3.60. The van der Waals surface area contributed by atoms with Crippen LogP contribution in [0.1, 0.15) is 11.3 Å². The molecule has 0 radical (unpaired) electrons. The lowest BCUT2D eigenvalue weighted by molar-refractivity contribution is 0.239. The molecule has 1 aromatic carbocycles. The van der Waals surface area contributed by atoms with Gasteiger partial charge in [-0.05, 0) is 17.7 Å². The molecule has 0 spiro atoms. The fraction of sp³-hybridized carbons (Fsp3) is 0.250. The van der Waals surface area contributed by atoms with Gasteiger partial charge in [0.05, 0.1) is 13.3 Å². The zero-order valence-electron chi connectivity index (χ0n) is 9.55. The second-order valence-electron chi connectivity index (χ2n) is 3.46. The highest BCUT2D eigenvalue weighted by Gasteiger charge is 2.06. The molecule has 0 bridgehead atoms. The molecule has 0 saturated carbocycles. The van der Waals surface area contributed by atoms with E-state index in [1.54, 1.807) is 19.4 Å². The first-order chi connectivity index (χ1) is 8.33. The van der Waals surface area contributed by atoms with Crippen LogP contribution in [0.4, 0.5) is 0 Å². The summed E-state index contributed by atoms with van der Waals surface area (Å²) in [5.41, 5.74) is 6.55. The van der Waals surface area contributed by atoms with Gasteiger partial charge in [-0.15, -0.1) is 0 Å². The van der Waals surface area contributed by atoms with Gasteiger partial charge in [-0.2, -0.15) is 0 Å². The van der Waals surface area contributed by atoms with Crippen LogP contribution in [0, 0.1) is 0 Å². The minimum atomic E-state index is 0.318. The van der Waals surface area contributed by atoms with Crippen LogP contribution in [0.25, 0.3) is 0 Å². The van der Waals surface area contributed by atoms with Crippen LogP contribution in [0.2, 0.25) is 0 Å². The van der Waals surface area contributed by atoms with Crippen molar-refractivity contribution < 1.29 is 14.0 Å². The second-order valence-corrected chi connectivity index (χ2v) is 3.46. The molecule has 2 aromatic rings. The Labute approximate surface area is 99.1 Å². The van der Waals surface area contributed by atoms with Crippen LogP contribution in [0.3, 0.4) is 0 Å². The molecule has 0 fully saturated rings. The molecule has 0 unspecified atom stereocenters. The van der Waals surface area contributed by atoms with Crippen LogP contribution in [-0.2, 0) is 13.2 Å². The van der Waals surface area contributed by atoms with Gasteiger partial charge in [0.1, 0.15) is 6.61 Å². The van der Waals surface area contributed by atoms with E-state index in [2.05, 4.69) is 5.16 Å². The Morgan fingerprint density at radius 1 is 1.29 bits per heavy atom. The van der Waals surface area contributed by atoms with Crippen molar-refractivity contribution >= 4 is 0 Å². The number of ether oxygens (including phenoxy) is 2. The second kappa shape index (κ2) is 5.36. The summed E-state index contributed by atoms with van der Waals surface area (Å²) in [6.07, 6.45) is 1.58. The Morgan fingerprint density at radius 2 is 2.18 bits per heavy atom.